The van der Waals surface area contributed by atoms with Gasteiger partial charge in [0, 0.05) is 11.9 Å². The van der Waals surface area contributed by atoms with Gasteiger partial charge in [-0.1, -0.05) is 30.4 Å². The molecule has 0 aromatic heterocycles. The lowest BCUT2D eigenvalue weighted by atomic mass is 10.0. The first kappa shape index (κ1) is 12.4. The molecule has 1 heterocycles. The zero-order chi connectivity index (χ0) is 13.4. The third-order valence-corrected chi connectivity index (χ3v) is 5.13. The second-order valence-corrected chi connectivity index (χ2v) is 6.25. The van der Waals surface area contributed by atoms with E-state index in [0.29, 0.717) is 11.3 Å². The van der Waals surface area contributed by atoms with Crippen LogP contribution in [0, 0.1) is 11.3 Å². The van der Waals surface area contributed by atoms with Gasteiger partial charge in [0.05, 0.1) is 29.0 Å². The van der Waals surface area contributed by atoms with E-state index >= 15 is 0 Å². The largest absolute Gasteiger partial charge is 0.366 e. The lowest BCUT2D eigenvalue weighted by Crippen LogP contribution is -2.41. The van der Waals surface area contributed by atoms with E-state index < -0.39 is 0 Å². The van der Waals surface area contributed by atoms with Crippen LogP contribution in [0.1, 0.15) is 18.4 Å². The molecule has 2 nitrogen and oxygen atoms in total. The highest BCUT2D eigenvalue weighted by Gasteiger charge is 2.31. The van der Waals surface area contributed by atoms with Gasteiger partial charge in [0.1, 0.15) is 0 Å². The molecule has 0 N–H and O–H groups in total. The lowest BCUT2D eigenvalue weighted by molar-refractivity contribution is 0.745. The molecule has 19 heavy (non-hydrogen) atoms. The van der Waals surface area contributed by atoms with Crippen LogP contribution in [0.4, 0.5) is 5.69 Å². The number of fused-ring (bicyclic) bond motifs is 2. The summed E-state index contributed by atoms with van der Waals surface area (Å²) in [7, 11) is 2.14. The monoisotopic (exact) mass is 268 g/mol. The molecule has 2 aliphatic rings. The van der Waals surface area contributed by atoms with Gasteiger partial charge < -0.3 is 4.90 Å². The summed E-state index contributed by atoms with van der Waals surface area (Å²) in [6.45, 7) is 1.95. The highest BCUT2D eigenvalue weighted by Crippen LogP contribution is 2.43. The van der Waals surface area contributed by atoms with Crippen LogP contribution in [-0.2, 0) is 0 Å². The van der Waals surface area contributed by atoms with E-state index in [2.05, 4.69) is 60.5 Å². The van der Waals surface area contributed by atoms with Gasteiger partial charge in [0.15, 0.2) is 0 Å². The third-order valence-electron chi connectivity index (χ3n) is 3.82. The number of rotatable bonds is 1. The number of benzene rings is 1. The molecule has 0 radical (unpaired) electrons. The summed E-state index contributed by atoms with van der Waals surface area (Å²) in [6.07, 6.45) is 8.76. The maximum atomic E-state index is 9.06. The predicted molar refractivity (Wildman–Crippen MR) is 80.6 cm³/mol. The molecule has 3 rings (SSSR count). The van der Waals surface area contributed by atoms with Crippen LogP contribution in [0.15, 0.2) is 47.4 Å². The maximum Gasteiger partial charge on any atom is 0.0700 e. The van der Waals surface area contributed by atoms with Crippen LogP contribution in [0.2, 0.25) is 0 Å². The van der Waals surface area contributed by atoms with E-state index in [1.807, 2.05) is 18.7 Å². The number of nitrogens with zero attached hydrogens (tertiary/aromatic N) is 2. The van der Waals surface area contributed by atoms with Gasteiger partial charge in [-0.3, -0.25) is 0 Å². The van der Waals surface area contributed by atoms with E-state index in [9.17, 15) is 0 Å². The molecule has 3 atom stereocenters. The van der Waals surface area contributed by atoms with Crippen molar-refractivity contribution < 1.29 is 0 Å². The molecule has 0 bridgehead atoms. The summed E-state index contributed by atoms with van der Waals surface area (Å²) in [5.74, 6) is -0.0526. The molecule has 0 saturated carbocycles. The molecule has 3 heteroatoms. The van der Waals surface area contributed by atoms with Crippen LogP contribution < -0.4 is 4.90 Å². The predicted octanol–water partition coefficient (Wildman–Crippen LogP) is 3.72. The van der Waals surface area contributed by atoms with Crippen molar-refractivity contribution in [1.29, 1.82) is 5.26 Å². The Morgan fingerprint density at radius 2 is 2.11 bits per heavy atom. The van der Waals surface area contributed by atoms with Crippen LogP contribution in [0.25, 0.3) is 0 Å². The van der Waals surface area contributed by atoms with Gasteiger partial charge in [0.25, 0.3) is 0 Å². The van der Waals surface area contributed by atoms with Crippen LogP contribution in [0.3, 0.4) is 0 Å². The minimum Gasteiger partial charge on any atom is -0.366 e. The number of thioether (sulfide) groups is 1. The number of likely N-dealkylation sites (N-methyl/N-ethyl adjacent to an activating group) is 1. The van der Waals surface area contributed by atoms with Crippen LogP contribution in [0.5, 0.6) is 0 Å². The van der Waals surface area contributed by atoms with Crippen molar-refractivity contribution in [3.8, 4) is 6.07 Å². The van der Waals surface area contributed by atoms with Crippen LogP contribution in [-0.4, -0.2) is 18.3 Å². The van der Waals surface area contributed by atoms with Crippen molar-refractivity contribution in [3.63, 3.8) is 0 Å². The molecule has 3 unspecified atom stereocenters. The zero-order valence-electron chi connectivity index (χ0n) is 11.1. The molecule has 1 aromatic carbocycles. The summed E-state index contributed by atoms with van der Waals surface area (Å²) in [5.41, 5.74) is 2.34. The number of hydrogen-bond acceptors (Lipinski definition) is 3. The van der Waals surface area contributed by atoms with Gasteiger partial charge in [-0.25, -0.2) is 0 Å². The minimum atomic E-state index is -0.0526. The van der Waals surface area contributed by atoms with E-state index in [4.69, 9.17) is 5.26 Å². The summed E-state index contributed by atoms with van der Waals surface area (Å²) in [5, 5.41) is 9.54. The van der Waals surface area contributed by atoms with Gasteiger partial charge in [-0.15, -0.1) is 11.8 Å². The van der Waals surface area contributed by atoms with E-state index in [-0.39, 0.29) is 5.92 Å². The van der Waals surface area contributed by atoms with Gasteiger partial charge in [-0.2, -0.15) is 5.26 Å². The Labute approximate surface area is 118 Å². The Bertz CT molecular complexity index is 597. The molecular formula is C16H16N2S. The van der Waals surface area contributed by atoms with Crippen molar-refractivity contribution >= 4 is 17.4 Å². The molecule has 0 saturated heterocycles. The number of nitriles is 1. The molecular weight excluding hydrogens is 252 g/mol. The third kappa shape index (κ3) is 2.06. The van der Waals surface area contributed by atoms with Crippen molar-refractivity contribution in [2.75, 3.05) is 11.9 Å². The molecule has 1 aliphatic carbocycles. The first-order valence-corrected chi connectivity index (χ1v) is 7.36. The fourth-order valence-corrected chi connectivity index (χ4v) is 3.94. The highest BCUT2D eigenvalue weighted by molar-refractivity contribution is 8.00. The second kappa shape index (κ2) is 4.79. The molecule has 0 amide bonds. The molecule has 1 aliphatic heterocycles. The Morgan fingerprint density at radius 1 is 1.32 bits per heavy atom. The maximum absolute atomic E-state index is 9.06. The van der Waals surface area contributed by atoms with Gasteiger partial charge >= 0.3 is 0 Å². The molecule has 1 aromatic rings. The van der Waals surface area contributed by atoms with E-state index in [0.717, 1.165) is 5.56 Å². The fraction of sp³-hybridized carbons (Fsp3) is 0.312. The lowest BCUT2D eigenvalue weighted by Gasteiger charge is -2.39. The normalized spacial score (nSPS) is 25.4. The molecule has 0 fully saturated rings. The first-order chi connectivity index (χ1) is 9.20. The minimum absolute atomic E-state index is 0.0526. The summed E-state index contributed by atoms with van der Waals surface area (Å²) < 4.78 is 0. The van der Waals surface area contributed by atoms with Gasteiger partial charge in [0.2, 0.25) is 0 Å². The Balaban J connectivity index is 2.02. The fourth-order valence-electron chi connectivity index (χ4n) is 2.59. The number of anilines is 1. The highest BCUT2D eigenvalue weighted by atomic mass is 32.2. The number of allylic oxidation sites excluding steroid dienone is 2. The first-order valence-electron chi connectivity index (χ1n) is 6.49. The molecule has 96 valence electrons. The summed E-state index contributed by atoms with van der Waals surface area (Å²) in [6, 6.07) is 9.12. The van der Waals surface area contributed by atoms with Crippen molar-refractivity contribution in [2.24, 2.45) is 0 Å². The Hall–Kier alpha value is -1.66. The Morgan fingerprint density at radius 3 is 2.89 bits per heavy atom. The summed E-state index contributed by atoms with van der Waals surface area (Å²) >= 11 is 1.91. The van der Waals surface area contributed by atoms with Crippen molar-refractivity contribution in [1.82, 2.24) is 0 Å². The number of hydrogen-bond donors (Lipinski definition) is 0. The average Bonchev–Trinajstić information content (AvgIpc) is 2.46. The second-order valence-electron chi connectivity index (χ2n) is 5.03. The van der Waals surface area contributed by atoms with Crippen molar-refractivity contribution in [3.05, 3.63) is 48.1 Å². The van der Waals surface area contributed by atoms with E-state index in [1.54, 1.807) is 0 Å². The SMILES string of the molecule is CC(C#N)c1ccc2c(c1)N(C)C1C=CC=CC1S2. The standard InChI is InChI=1S/C16H16N2S/c1-11(10-17)12-7-8-16-14(9-12)18(2)13-5-3-4-6-15(13)19-16/h3-9,11,13,15H,1-2H3. The van der Waals surface area contributed by atoms with E-state index in [1.165, 1.54) is 10.6 Å². The Kier molecular flexibility index (Phi) is 3.12. The average molecular weight is 268 g/mol. The smallest absolute Gasteiger partial charge is 0.0700 e. The van der Waals surface area contributed by atoms with Gasteiger partial charge in [-0.05, 0) is 24.6 Å². The molecule has 0 spiro atoms. The topological polar surface area (TPSA) is 27.0 Å². The summed E-state index contributed by atoms with van der Waals surface area (Å²) in [4.78, 5) is 3.63. The quantitative estimate of drug-likeness (QED) is 0.776. The zero-order valence-corrected chi connectivity index (χ0v) is 11.9. The van der Waals surface area contributed by atoms with Crippen LogP contribution >= 0.6 is 11.8 Å². The van der Waals surface area contributed by atoms with Crippen molar-refractivity contribution in [2.45, 2.75) is 29.0 Å².